The molecule has 9 heteroatoms. The quantitative estimate of drug-likeness (QED) is 0.164. The normalized spacial score (nSPS) is 11.8. The summed E-state index contributed by atoms with van der Waals surface area (Å²) in [6.45, 7) is 0. The van der Waals surface area contributed by atoms with Crippen LogP contribution in [0.25, 0.3) is 134 Å². The van der Waals surface area contributed by atoms with Crippen molar-refractivity contribution >= 4 is 97.9 Å². The topological polar surface area (TPSA) is 91.0 Å². The Hall–Kier alpha value is -7.72. The number of aromatic nitrogens is 4. The zero-order valence-corrected chi connectivity index (χ0v) is 37.3. The standard InChI is InChI=1S/C56H30Br2N4O3/c57-38-22-25-46-43(29-38)50-53(64-46)48(33-9-3-1-4-10-33)59-56(62-50)37-14-7-13-35(27-37)31-17-19-32(20-18-31)36-21-24-45-42(28-36)40-15-8-16-41(52(40)63-45)49-54-51(44-30-39(58)23-26-47(44)65-54)61-55(60-49)34-11-5-2-6-12-34/h1-30H. The van der Waals surface area contributed by atoms with E-state index >= 15 is 0 Å². The summed E-state index contributed by atoms with van der Waals surface area (Å²) in [5.41, 5.74) is 15.2. The average Bonchev–Trinajstić information content (AvgIpc) is 4.05. The van der Waals surface area contributed by atoms with Gasteiger partial charge in [0.2, 0.25) is 0 Å². The Labute approximate surface area is 387 Å². The lowest BCUT2D eigenvalue weighted by molar-refractivity contribution is 0.663. The number of benzene rings is 8. The molecule has 0 aliphatic rings. The van der Waals surface area contributed by atoms with Crippen molar-refractivity contribution in [2.45, 2.75) is 0 Å². The van der Waals surface area contributed by atoms with Crippen molar-refractivity contribution in [2.24, 2.45) is 0 Å². The molecule has 0 amide bonds. The predicted molar refractivity (Wildman–Crippen MR) is 267 cm³/mol. The van der Waals surface area contributed by atoms with Gasteiger partial charge in [-0.05, 0) is 82.9 Å². The smallest absolute Gasteiger partial charge is 0.180 e. The summed E-state index contributed by atoms with van der Waals surface area (Å²) in [6, 6.07) is 61.8. The van der Waals surface area contributed by atoms with Crippen LogP contribution in [0.15, 0.2) is 204 Å². The zero-order valence-electron chi connectivity index (χ0n) is 34.1. The molecule has 0 unspecified atom stereocenters. The first-order valence-corrected chi connectivity index (χ1v) is 22.6. The molecule has 7 nitrogen and oxygen atoms in total. The van der Waals surface area contributed by atoms with Gasteiger partial charge in [-0.3, -0.25) is 0 Å². The Morgan fingerprint density at radius 1 is 0.308 bits per heavy atom. The van der Waals surface area contributed by atoms with Gasteiger partial charge in [0.25, 0.3) is 0 Å². The van der Waals surface area contributed by atoms with Crippen molar-refractivity contribution in [1.29, 1.82) is 0 Å². The Morgan fingerprint density at radius 3 is 1.48 bits per heavy atom. The van der Waals surface area contributed by atoms with Crippen LogP contribution in [0.3, 0.4) is 0 Å². The number of halogens is 2. The summed E-state index contributed by atoms with van der Waals surface area (Å²) in [5.74, 6) is 1.25. The van der Waals surface area contributed by atoms with Crippen LogP contribution in [0.5, 0.6) is 0 Å². The molecular formula is C56H30Br2N4O3. The van der Waals surface area contributed by atoms with Gasteiger partial charge in [-0.25, -0.2) is 19.9 Å². The molecule has 0 fully saturated rings. The van der Waals surface area contributed by atoms with Gasteiger partial charge >= 0.3 is 0 Å². The molecule has 0 spiro atoms. The van der Waals surface area contributed by atoms with Crippen LogP contribution >= 0.6 is 31.9 Å². The number of para-hydroxylation sites is 1. The first-order chi connectivity index (χ1) is 32.0. The van der Waals surface area contributed by atoms with Crippen LogP contribution in [0.4, 0.5) is 0 Å². The summed E-state index contributed by atoms with van der Waals surface area (Å²) in [6.07, 6.45) is 0. The van der Waals surface area contributed by atoms with Gasteiger partial charge in [0.15, 0.2) is 22.8 Å². The zero-order chi connectivity index (χ0) is 43.2. The van der Waals surface area contributed by atoms with Crippen molar-refractivity contribution in [1.82, 2.24) is 19.9 Å². The number of fused-ring (bicyclic) bond motifs is 9. The van der Waals surface area contributed by atoms with Gasteiger partial charge in [-0.1, -0.05) is 153 Å². The van der Waals surface area contributed by atoms with Crippen LogP contribution in [0, 0.1) is 0 Å². The minimum absolute atomic E-state index is 0.613. The van der Waals surface area contributed by atoms with Crippen molar-refractivity contribution in [3.05, 3.63) is 191 Å². The van der Waals surface area contributed by atoms with Crippen LogP contribution < -0.4 is 0 Å². The molecule has 0 atom stereocenters. The van der Waals surface area contributed by atoms with Crippen LogP contribution in [-0.4, -0.2) is 19.9 Å². The summed E-state index contributed by atoms with van der Waals surface area (Å²) < 4.78 is 21.5. The third-order valence-electron chi connectivity index (χ3n) is 12.1. The van der Waals surface area contributed by atoms with Crippen LogP contribution in [-0.2, 0) is 0 Å². The van der Waals surface area contributed by atoms with E-state index in [0.717, 1.165) is 114 Å². The first kappa shape index (κ1) is 37.8. The van der Waals surface area contributed by atoms with Crippen molar-refractivity contribution < 1.29 is 13.3 Å². The maximum atomic E-state index is 6.69. The number of furan rings is 3. The van der Waals surface area contributed by atoms with Crippen LogP contribution in [0.2, 0.25) is 0 Å². The molecule has 5 aromatic heterocycles. The molecule has 0 saturated carbocycles. The summed E-state index contributed by atoms with van der Waals surface area (Å²) in [4.78, 5) is 20.4. The third-order valence-corrected chi connectivity index (χ3v) is 13.0. The Kier molecular flexibility index (Phi) is 8.69. The van der Waals surface area contributed by atoms with E-state index in [1.807, 2.05) is 84.9 Å². The van der Waals surface area contributed by atoms with Gasteiger partial charge in [-0.15, -0.1) is 0 Å². The fraction of sp³-hybridized carbons (Fsp3) is 0. The summed E-state index contributed by atoms with van der Waals surface area (Å²) >= 11 is 7.28. The van der Waals surface area contributed by atoms with Crippen molar-refractivity contribution in [3.8, 4) is 67.5 Å². The summed E-state index contributed by atoms with van der Waals surface area (Å²) in [5, 5.41) is 3.86. The van der Waals surface area contributed by atoms with E-state index < -0.39 is 0 Å². The molecule has 8 aromatic carbocycles. The van der Waals surface area contributed by atoms with Gasteiger partial charge in [-0.2, -0.15) is 0 Å². The van der Waals surface area contributed by atoms with Crippen molar-refractivity contribution in [3.63, 3.8) is 0 Å². The highest BCUT2D eigenvalue weighted by atomic mass is 79.9. The highest BCUT2D eigenvalue weighted by Crippen LogP contribution is 2.43. The Balaban J connectivity index is 0.872. The fourth-order valence-corrected chi connectivity index (χ4v) is 9.63. The third kappa shape index (κ3) is 6.37. The number of rotatable bonds is 6. The first-order valence-electron chi connectivity index (χ1n) is 21.1. The lowest BCUT2D eigenvalue weighted by Gasteiger charge is -2.09. The Morgan fingerprint density at radius 2 is 0.800 bits per heavy atom. The minimum atomic E-state index is 0.613. The van der Waals surface area contributed by atoms with Gasteiger partial charge in [0, 0.05) is 52.7 Å². The van der Waals surface area contributed by atoms with Crippen LogP contribution in [0.1, 0.15) is 0 Å². The van der Waals surface area contributed by atoms with Gasteiger partial charge in [0.05, 0.1) is 0 Å². The molecule has 0 aliphatic carbocycles. The lowest BCUT2D eigenvalue weighted by atomic mass is 9.98. The monoisotopic (exact) mass is 964 g/mol. The maximum absolute atomic E-state index is 6.69. The van der Waals surface area contributed by atoms with E-state index in [1.165, 1.54) is 0 Å². The average molecular weight is 967 g/mol. The highest BCUT2D eigenvalue weighted by Gasteiger charge is 2.23. The van der Waals surface area contributed by atoms with E-state index in [4.69, 9.17) is 33.2 Å². The molecule has 65 heavy (non-hydrogen) atoms. The van der Waals surface area contributed by atoms with E-state index in [2.05, 4.69) is 129 Å². The van der Waals surface area contributed by atoms with E-state index in [9.17, 15) is 0 Å². The number of hydrogen-bond donors (Lipinski definition) is 0. The molecule has 0 aliphatic heterocycles. The fourth-order valence-electron chi connectivity index (χ4n) is 8.91. The number of nitrogens with zero attached hydrogens (tertiary/aromatic N) is 4. The second kappa shape index (κ2) is 14.9. The largest absolute Gasteiger partial charge is 0.455 e. The summed E-state index contributed by atoms with van der Waals surface area (Å²) in [7, 11) is 0. The van der Waals surface area contributed by atoms with Gasteiger partial charge < -0.3 is 13.3 Å². The number of hydrogen-bond acceptors (Lipinski definition) is 7. The van der Waals surface area contributed by atoms with E-state index in [0.29, 0.717) is 28.5 Å². The molecular weight excluding hydrogens is 936 g/mol. The molecule has 0 saturated heterocycles. The predicted octanol–water partition coefficient (Wildman–Crippen LogP) is 16.5. The molecule has 13 rings (SSSR count). The highest BCUT2D eigenvalue weighted by molar-refractivity contribution is 9.10. The Bertz CT molecular complexity index is 4030. The van der Waals surface area contributed by atoms with E-state index in [1.54, 1.807) is 0 Å². The van der Waals surface area contributed by atoms with Gasteiger partial charge in [0.1, 0.15) is 44.8 Å². The lowest BCUT2D eigenvalue weighted by Crippen LogP contribution is -1.94. The SMILES string of the molecule is Brc1ccc2oc3c(-c4ccccc4)nc(-c4cccc(-c5ccc(-c6ccc7oc8c(-c9nc(-c%10ccccc%10)nc%10c9oc9ccc(Br)cc9%10)cccc8c7c6)cc5)c4)nc3c2c1. The minimum Gasteiger partial charge on any atom is -0.455 e. The second-order valence-electron chi connectivity index (χ2n) is 16.0. The molecule has 0 radical (unpaired) electrons. The second-order valence-corrected chi connectivity index (χ2v) is 17.8. The molecule has 0 N–H and O–H groups in total. The van der Waals surface area contributed by atoms with Crippen molar-refractivity contribution in [2.75, 3.05) is 0 Å². The molecule has 13 aromatic rings. The maximum Gasteiger partial charge on any atom is 0.180 e. The molecule has 0 bridgehead atoms. The molecule has 5 heterocycles. The molecule has 306 valence electrons. The van der Waals surface area contributed by atoms with E-state index in [-0.39, 0.29) is 0 Å².